The number of benzene rings is 2. The Labute approximate surface area is 153 Å². The number of H-pyrrole nitrogens is 1. The zero-order valence-corrected chi connectivity index (χ0v) is 15.0. The third kappa shape index (κ3) is 2.93. The standard InChI is InChI=1S/C19H16BrN3O2/c20-14-8-6-13(7-9-14)18(24)22-11-10-17-16(12-22)19(25)23(21-17)15-4-2-1-3-5-15/h1-9,21H,10-12H2. The molecule has 1 N–H and O–H groups in total. The van der Waals surface area contributed by atoms with Crippen LogP contribution in [0.25, 0.3) is 5.69 Å². The van der Waals surface area contributed by atoms with E-state index in [-0.39, 0.29) is 11.5 Å². The normalized spacial score (nSPS) is 13.6. The predicted molar refractivity (Wildman–Crippen MR) is 99.0 cm³/mol. The second-order valence-corrected chi connectivity index (χ2v) is 6.94. The summed E-state index contributed by atoms with van der Waals surface area (Å²) in [5, 5.41) is 3.18. The van der Waals surface area contributed by atoms with Crippen LogP contribution in [-0.4, -0.2) is 27.1 Å². The summed E-state index contributed by atoms with van der Waals surface area (Å²) in [4.78, 5) is 27.2. The number of carbonyl (C=O) groups is 1. The van der Waals surface area contributed by atoms with Gasteiger partial charge in [0.2, 0.25) is 0 Å². The molecule has 3 aromatic rings. The highest BCUT2D eigenvalue weighted by atomic mass is 79.9. The Morgan fingerprint density at radius 2 is 1.76 bits per heavy atom. The van der Waals surface area contributed by atoms with E-state index in [0.717, 1.165) is 15.9 Å². The maximum Gasteiger partial charge on any atom is 0.276 e. The van der Waals surface area contributed by atoms with Crippen molar-refractivity contribution in [2.75, 3.05) is 6.54 Å². The smallest absolute Gasteiger partial charge is 0.276 e. The molecule has 0 bridgehead atoms. The Bertz CT molecular complexity index is 974. The molecule has 25 heavy (non-hydrogen) atoms. The second-order valence-electron chi connectivity index (χ2n) is 6.03. The van der Waals surface area contributed by atoms with Crippen molar-refractivity contribution in [3.63, 3.8) is 0 Å². The molecule has 2 aromatic carbocycles. The molecule has 126 valence electrons. The zero-order chi connectivity index (χ0) is 17.4. The predicted octanol–water partition coefficient (Wildman–Crippen LogP) is 3.13. The van der Waals surface area contributed by atoms with Crippen LogP contribution in [0.15, 0.2) is 63.9 Å². The number of aromatic nitrogens is 2. The molecule has 0 radical (unpaired) electrons. The van der Waals surface area contributed by atoms with Crippen LogP contribution in [0.1, 0.15) is 21.6 Å². The summed E-state index contributed by atoms with van der Waals surface area (Å²) in [6, 6.07) is 16.7. The molecule has 6 heteroatoms. The maximum absolute atomic E-state index is 12.8. The van der Waals surface area contributed by atoms with E-state index >= 15 is 0 Å². The van der Waals surface area contributed by atoms with Crippen LogP contribution in [0.5, 0.6) is 0 Å². The number of nitrogens with one attached hydrogen (secondary N) is 1. The molecule has 0 saturated carbocycles. The van der Waals surface area contributed by atoms with E-state index in [2.05, 4.69) is 21.0 Å². The van der Waals surface area contributed by atoms with Crippen molar-refractivity contribution >= 4 is 21.8 Å². The van der Waals surface area contributed by atoms with Gasteiger partial charge >= 0.3 is 0 Å². The van der Waals surface area contributed by atoms with Gasteiger partial charge in [-0.15, -0.1) is 0 Å². The van der Waals surface area contributed by atoms with Crippen LogP contribution in [-0.2, 0) is 13.0 Å². The molecule has 0 aliphatic carbocycles. The van der Waals surface area contributed by atoms with Crippen LogP contribution >= 0.6 is 15.9 Å². The zero-order valence-electron chi connectivity index (χ0n) is 13.4. The summed E-state index contributed by atoms with van der Waals surface area (Å²) in [5.41, 5.74) is 2.92. The Morgan fingerprint density at radius 3 is 2.48 bits per heavy atom. The maximum atomic E-state index is 12.8. The molecular formula is C19H16BrN3O2. The van der Waals surface area contributed by atoms with Gasteiger partial charge in [0.25, 0.3) is 11.5 Å². The second kappa shape index (κ2) is 6.37. The minimum atomic E-state index is -0.0884. The van der Waals surface area contributed by atoms with Crippen LogP contribution in [0.3, 0.4) is 0 Å². The first-order chi connectivity index (χ1) is 12.1. The molecule has 5 nitrogen and oxygen atoms in total. The van der Waals surface area contributed by atoms with Crippen LogP contribution in [0.4, 0.5) is 0 Å². The minimum Gasteiger partial charge on any atom is -0.334 e. The highest BCUT2D eigenvalue weighted by Crippen LogP contribution is 2.19. The van der Waals surface area contributed by atoms with Crippen molar-refractivity contribution in [1.29, 1.82) is 0 Å². The average molecular weight is 398 g/mol. The Hall–Kier alpha value is -2.60. The first-order valence-electron chi connectivity index (χ1n) is 8.06. The van der Waals surface area contributed by atoms with Crippen molar-refractivity contribution in [3.05, 3.63) is 86.2 Å². The lowest BCUT2D eigenvalue weighted by Crippen LogP contribution is -2.37. The summed E-state index contributed by atoms with van der Waals surface area (Å²) < 4.78 is 2.49. The highest BCUT2D eigenvalue weighted by molar-refractivity contribution is 9.10. The molecule has 4 rings (SSSR count). The van der Waals surface area contributed by atoms with Crippen LogP contribution in [0.2, 0.25) is 0 Å². The number of amides is 1. The average Bonchev–Trinajstić information content (AvgIpc) is 2.99. The van der Waals surface area contributed by atoms with E-state index in [9.17, 15) is 9.59 Å². The van der Waals surface area contributed by atoms with Crippen LogP contribution < -0.4 is 5.56 Å². The quantitative estimate of drug-likeness (QED) is 0.721. The number of hydrogen-bond acceptors (Lipinski definition) is 2. The van der Waals surface area contributed by atoms with Gasteiger partial charge in [-0.1, -0.05) is 34.1 Å². The molecular weight excluding hydrogens is 382 g/mol. The lowest BCUT2D eigenvalue weighted by atomic mass is 10.1. The molecule has 1 aliphatic heterocycles. The van der Waals surface area contributed by atoms with Crippen molar-refractivity contribution in [1.82, 2.24) is 14.7 Å². The van der Waals surface area contributed by atoms with Crippen molar-refractivity contribution < 1.29 is 4.79 Å². The van der Waals surface area contributed by atoms with Gasteiger partial charge < -0.3 is 4.90 Å². The number of aromatic amines is 1. The third-order valence-electron chi connectivity index (χ3n) is 4.45. The number of para-hydroxylation sites is 1. The van der Waals surface area contributed by atoms with E-state index in [1.165, 1.54) is 0 Å². The number of fused-ring (bicyclic) bond motifs is 1. The molecule has 0 saturated heterocycles. The van der Waals surface area contributed by atoms with E-state index in [1.807, 2.05) is 42.5 Å². The molecule has 0 spiro atoms. The van der Waals surface area contributed by atoms with Crippen molar-refractivity contribution in [2.45, 2.75) is 13.0 Å². The van der Waals surface area contributed by atoms with E-state index in [1.54, 1.807) is 21.7 Å². The van der Waals surface area contributed by atoms with Crippen molar-refractivity contribution in [2.24, 2.45) is 0 Å². The number of nitrogens with zero attached hydrogens (tertiary/aromatic N) is 2. The molecule has 0 unspecified atom stereocenters. The number of halogens is 1. The fourth-order valence-electron chi connectivity index (χ4n) is 3.11. The summed E-state index contributed by atoms with van der Waals surface area (Å²) in [6.07, 6.45) is 0.646. The van der Waals surface area contributed by atoms with Gasteiger partial charge in [0, 0.05) is 28.7 Å². The molecule has 2 heterocycles. The summed E-state index contributed by atoms with van der Waals surface area (Å²) in [6.45, 7) is 0.927. The number of rotatable bonds is 2. The largest absolute Gasteiger partial charge is 0.334 e. The van der Waals surface area contributed by atoms with Crippen LogP contribution in [0, 0.1) is 0 Å². The molecule has 1 aliphatic rings. The SMILES string of the molecule is O=C(c1ccc(Br)cc1)N1CCc2[nH]n(-c3ccccc3)c(=O)c2C1. The lowest BCUT2D eigenvalue weighted by Gasteiger charge is -2.26. The van der Waals surface area contributed by atoms with Gasteiger partial charge in [-0.05, 0) is 36.4 Å². The Kier molecular flexibility index (Phi) is 4.05. The van der Waals surface area contributed by atoms with E-state index in [0.29, 0.717) is 30.6 Å². The summed E-state index contributed by atoms with van der Waals surface area (Å²) in [5.74, 6) is -0.0509. The van der Waals surface area contributed by atoms with Gasteiger partial charge in [0.1, 0.15) is 0 Å². The first-order valence-corrected chi connectivity index (χ1v) is 8.86. The van der Waals surface area contributed by atoms with Gasteiger partial charge in [0.15, 0.2) is 0 Å². The Balaban J connectivity index is 1.63. The fourth-order valence-corrected chi connectivity index (χ4v) is 3.38. The van der Waals surface area contributed by atoms with Gasteiger partial charge in [0.05, 0.1) is 17.8 Å². The van der Waals surface area contributed by atoms with Gasteiger partial charge in [-0.25, -0.2) is 4.68 Å². The van der Waals surface area contributed by atoms with Gasteiger partial charge in [-0.2, -0.15) is 0 Å². The fraction of sp³-hybridized carbons (Fsp3) is 0.158. The monoisotopic (exact) mass is 397 g/mol. The van der Waals surface area contributed by atoms with E-state index < -0.39 is 0 Å². The Morgan fingerprint density at radius 1 is 1.04 bits per heavy atom. The molecule has 0 atom stereocenters. The molecule has 1 amide bonds. The van der Waals surface area contributed by atoms with Crippen molar-refractivity contribution in [3.8, 4) is 5.69 Å². The topological polar surface area (TPSA) is 58.1 Å². The summed E-state index contributed by atoms with van der Waals surface area (Å²) in [7, 11) is 0. The number of hydrogen-bond donors (Lipinski definition) is 1. The molecule has 0 fully saturated rings. The third-order valence-corrected chi connectivity index (χ3v) is 4.97. The van der Waals surface area contributed by atoms with E-state index in [4.69, 9.17) is 0 Å². The lowest BCUT2D eigenvalue weighted by molar-refractivity contribution is 0.0734. The minimum absolute atomic E-state index is 0.0509. The first kappa shape index (κ1) is 15.9. The summed E-state index contributed by atoms with van der Waals surface area (Å²) >= 11 is 3.37. The molecule has 1 aromatic heterocycles. The highest BCUT2D eigenvalue weighted by Gasteiger charge is 2.26. The van der Waals surface area contributed by atoms with Gasteiger partial charge in [-0.3, -0.25) is 14.7 Å². The number of carbonyl (C=O) groups excluding carboxylic acids is 1.